The number of esters is 1. The Morgan fingerprint density at radius 3 is 2.17 bits per heavy atom. The second-order valence-electron chi connectivity index (χ2n) is 2.03. The average molecular weight is 188 g/mol. The van der Waals surface area contributed by atoms with Crippen molar-refractivity contribution in [2.24, 2.45) is 0 Å². The van der Waals surface area contributed by atoms with Crippen LogP contribution in [0.25, 0.3) is 0 Å². The zero-order valence-electron chi connectivity index (χ0n) is 6.05. The Hall–Kier alpha value is -0.820. The van der Waals surface area contributed by atoms with E-state index in [1.165, 1.54) is 0 Å². The lowest BCUT2D eigenvalue weighted by Gasteiger charge is -2.24. The van der Waals surface area contributed by atoms with Crippen molar-refractivity contribution >= 4 is 5.97 Å². The lowest BCUT2D eigenvalue weighted by molar-refractivity contribution is -0.362. The van der Waals surface area contributed by atoms with E-state index in [0.717, 1.165) is 0 Å². The minimum atomic E-state index is -4.74. The van der Waals surface area contributed by atoms with Crippen LogP contribution in [0.3, 0.4) is 0 Å². The van der Waals surface area contributed by atoms with Gasteiger partial charge in [-0.25, -0.2) is 0 Å². The Bertz CT molecular complexity index is 180. The largest absolute Gasteiger partial charge is 0.463 e. The van der Waals surface area contributed by atoms with Crippen LogP contribution >= 0.6 is 0 Å². The van der Waals surface area contributed by atoms with Gasteiger partial charge in [-0.3, -0.25) is 4.79 Å². The Balaban J connectivity index is 4.48. The summed E-state index contributed by atoms with van der Waals surface area (Å²) in [5.74, 6) is -5.72. The minimum absolute atomic E-state index is 0.612. The van der Waals surface area contributed by atoms with Crippen molar-refractivity contribution in [1.82, 2.24) is 0 Å². The van der Waals surface area contributed by atoms with Gasteiger partial charge >= 0.3 is 17.9 Å². The van der Waals surface area contributed by atoms with Crippen molar-refractivity contribution in [2.45, 2.75) is 18.9 Å². The lowest BCUT2D eigenvalue weighted by Crippen LogP contribution is -2.49. The summed E-state index contributed by atoms with van der Waals surface area (Å²) in [6.45, 7) is -1.26. The Labute approximate surface area is 65.6 Å². The van der Waals surface area contributed by atoms with Crippen LogP contribution in [0.1, 0.15) is 6.92 Å². The van der Waals surface area contributed by atoms with E-state index in [1.807, 2.05) is 0 Å². The highest BCUT2D eigenvalue weighted by molar-refractivity contribution is 5.66. The fourth-order valence-electron chi connectivity index (χ4n) is 0.351. The van der Waals surface area contributed by atoms with E-state index in [4.69, 9.17) is 10.2 Å². The first-order valence-corrected chi connectivity index (χ1v) is 2.82. The molecule has 72 valence electrons. The normalized spacial score (nSPS) is 16.8. The molecule has 0 bridgehead atoms. The third kappa shape index (κ3) is 2.35. The highest BCUT2D eigenvalue weighted by Gasteiger charge is 2.57. The lowest BCUT2D eigenvalue weighted by atomic mass is 10.3. The van der Waals surface area contributed by atoms with Crippen molar-refractivity contribution in [3.05, 3.63) is 0 Å². The molecule has 0 spiro atoms. The molecule has 0 saturated carbocycles. The van der Waals surface area contributed by atoms with E-state index in [9.17, 15) is 18.0 Å². The molecule has 12 heavy (non-hydrogen) atoms. The van der Waals surface area contributed by atoms with Gasteiger partial charge in [-0.05, 0) is 0 Å². The van der Waals surface area contributed by atoms with Crippen LogP contribution in [0, 0.1) is 0 Å². The fourth-order valence-corrected chi connectivity index (χ4v) is 0.351. The molecule has 1 unspecified atom stereocenters. The zero-order chi connectivity index (χ0) is 9.99. The second-order valence-corrected chi connectivity index (χ2v) is 2.03. The molecule has 0 rings (SSSR count). The number of carbonyl (C=O) groups is 1. The van der Waals surface area contributed by atoms with Gasteiger partial charge in [-0.2, -0.15) is 13.2 Å². The number of carbonyl (C=O) groups excluding carboxylic acids is 1. The minimum Gasteiger partial charge on any atom is -0.397 e. The van der Waals surface area contributed by atoms with Crippen LogP contribution in [-0.4, -0.2) is 34.8 Å². The van der Waals surface area contributed by atoms with Crippen LogP contribution in [0.5, 0.6) is 0 Å². The highest BCUT2D eigenvalue weighted by Crippen LogP contribution is 2.30. The first-order chi connectivity index (χ1) is 5.23. The quantitative estimate of drug-likeness (QED) is 0.601. The summed E-state index contributed by atoms with van der Waals surface area (Å²) in [4.78, 5) is 9.96. The van der Waals surface area contributed by atoms with Gasteiger partial charge in [0.1, 0.15) is 6.61 Å². The molecular formula is C5H7F3O4. The molecule has 4 nitrogen and oxygen atoms in total. The number of alkyl halides is 3. The van der Waals surface area contributed by atoms with E-state index in [-0.39, 0.29) is 0 Å². The number of aliphatic hydroxyl groups excluding tert-OH is 1. The number of aliphatic hydroxyl groups is 2. The molecule has 7 heteroatoms. The maximum absolute atomic E-state index is 12.2. The smallest absolute Gasteiger partial charge is 0.397 e. The van der Waals surface area contributed by atoms with Crippen molar-refractivity contribution in [3.8, 4) is 0 Å². The topological polar surface area (TPSA) is 66.8 Å². The van der Waals surface area contributed by atoms with Crippen LogP contribution in [-0.2, 0) is 9.53 Å². The summed E-state index contributed by atoms with van der Waals surface area (Å²) in [6, 6.07) is 0. The summed E-state index contributed by atoms with van der Waals surface area (Å²) in [5.41, 5.74) is 0. The fraction of sp³-hybridized carbons (Fsp3) is 0.800. The molecule has 0 saturated heterocycles. The summed E-state index contributed by atoms with van der Waals surface area (Å²) in [5, 5.41) is 16.1. The summed E-state index contributed by atoms with van der Waals surface area (Å²) in [7, 11) is 0. The third-order valence-corrected chi connectivity index (χ3v) is 0.927. The molecule has 0 aromatic heterocycles. The number of ether oxygens (including phenoxy) is 1. The van der Waals surface area contributed by atoms with E-state index in [0.29, 0.717) is 6.92 Å². The third-order valence-electron chi connectivity index (χ3n) is 0.927. The molecule has 1 atom stereocenters. The van der Waals surface area contributed by atoms with Crippen molar-refractivity contribution in [3.63, 3.8) is 0 Å². The molecule has 0 aliphatic heterocycles. The maximum atomic E-state index is 12.2. The average Bonchev–Trinajstić information content (AvgIpc) is 1.84. The van der Waals surface area contributed by atoms with Gasteiger partial charge in [0.2, 0.25) is 0 Å². The summed E-state index contributed by atoms with van der Waals surface area (Å²) in [6.07, 6.45) is -4.74. The molecule has 0 aromatic carbocycles. The Morgan fingerprint density at radius 1 is 1.50 bits per heavy atom. The second kappa shape index (κ2) is 3.28. The highest BCUT2D eigenvalue weighted by atomic mass is 19.3. The summed E-state index contributed by atoms with van der Waals surface area (Å²) >= 11 is 0. The Kier molecular flexibility index (Phi) is 3.05. The van der Waals surface area contributed by atoms with Gasteiger partial charge in [-0.15, -0.1) is 0 Å². The first-order valence-electron chi connectivity index (χ1n) is 2.82. The predicted molar refractivity (Wildman–Crippen MR) is 29.9 cm³/mol. The predicted octanol–water partition coefficient (Wildman–Crippen LogP) is -0.207. The molecule has 0 aliphatic carbocycles. The van der Waals surface area contributed by atoms with Gasteiger partial charge < -0.3 is 14.9 Å². The van der Waals surface area contributed by atoms with Crippen LogP contribution in [0.15, 0.2) is 0 Å². The van der Waals surface area contributed by atoms with Gasteiger partial charge in [0.05, 0.1) is 0 Å². The monoisotopic (exact) mass is 188 g/mol. The number of rotatable bonds is 3. The van der Waals surface area contributed by atoms with E-state index in [1.54, 1.807) is 0 Å². The van der Waals surface area contributed by atoms with Crippen molar-refractivity contribution in [2.75, 3.05) is 6.61 Å². The van der Waals surface area contributed by atoms with Crippen molar-refractivity contribution in [1.29, 1.82) is 0 Å². The van der Waals surface area contributed by atoms with E-state index in [2.05, 4.69) is 4.74 Å². The molecule has 0 radical (unpaired) electrons. The molecule has 0 aromatic rings. The molecule has 0 fully saturated rings. The van der Waals surface area contributed by atoms with Gasteiger partial charge in [0.25, 0.3) is 0 Å². The zero-order valence-corrected chi connectivity index (χ0v) is 6.05. The van der Waals surface area contributed by atoms with Gasteiger partial charge in [0.15, 0.2) is 0 Å². The number of hydrogen-bond donors (Lipinski definition) is 2. The van der Waals surface area contributed by atoms with Crippen LogP contribution in [0.4, 0.5) is 13.2 Å². The molecule has 0 aliphatic rings. The van der Waals surface area contributed by atoms with Crippen molar-refractivity contribution < 1.29 is 32.9 Å². The van der Waals surface area contributed by atoms with E-state index >= 15 is 0 Å². The molecule has 2 N–H and O–H groups in total. The molecule has 0 heterocycles. The first kappa shape index (κ1) is 11.2. The summed E-state index contributed by atoms with van der Waals surface area (Å²) < 4.78 is 39.8. The van der Waals surface area contributed by atoms with Crippen LogP contribution in [0.2, 0.25) is 0 Å². The molecular weight excluding hydrogens is 181 g/mol. The molecule has 0 amide bonds. The van der Waals surface area contributed by atoms with E-state index < -0.39 is 24.5 Å². The maximum Gasteiger partial charge on any atom is 0.463 e. The SMILES string of the molecule is CC(=O)OC(F)(F)C(O)(F)CO. The Morgan fingerprint density at radius 2 is 1.92 bits per heavy atom. The number of hydrogen-bond acceptors (Lipinski definition) is 4. The number of halogens is 3. The standard InChI is InChI=1S/C5H7F3O4/c1-3(10)12-5(7,8)4(6,11)2-9/h9,11H,2H2,1H3. The van der Waals surface area contributed by atoms with Gasteiger partial charge in [-0.1, -0.05) is 0 Å². The van der Waals surface area contributed by atoms with Gasteiger partial charge in [0, 0.05) is 6.92 Å². The van der Waals surface area contributed by atoms with Crippen LogP contribution < -0.4 is 0 Å².